The van der Waals surface area contributed by atoms with E-state index in [0.717, 1.165) is 12.2 Å². The zero-order chi connectivity index (χ0) is 11.5. The van der Waals surface area contributed by atoms with Gasteiger partial charge in [-0.05, 0) is 12.1 Å². The van der Waals surface area contributed by atoms with E-state index in [2.05, 4.69) is 5.32 Å². The van der Waals surface area contributed by atoms with Gasteiger partial charge >= 0.3 is 0 Å². The molecule has 3 nitrogen and oxygen atoms in total. The van der Waals surface area contributed by atoms with Crippen LogP contribution < -0.4 is 10.2 Å². The molecule has 0 aliphatic carbocycles. The monoisotopic (exact) mass is 224 g/mol. The lowest BCUT2D eigenvalue weighted by Crippen LogP contribution is -2.34. The SMILES string of the molecule is CN(C)c1cccc(F)c1C1CNCCO1. The second-order valence-electron chi connectivity index (χ2n) is 4.13. The molecule has 1 atom stereocenters. The molecule has 0 aromatic heterocycles. The molecule has 2 rings (SSSR count). The molecule has 88 valence electrons. The molecule has 1 aromatic carbocycles. The predicted molar refractivity (Wildman–Crippen MR) is 62.3 cm³/mol. The summed E-state index contributed by atoms with van der Waals surface area (Å²) in [5.74, 6) is -0.195. The van der Waals surface area contributed by atoms with E-state index in [0.29, 0.717) is 18.7 Å². The van der Waals surface area contributed by atoms with Crippen molar-refractivity contribution in [1.82, 2.24) is 5.32 Å². The van der Waals surface area contributed by atoms with Crippen molar-refractivity contribution in [2.75, 3.05) is 38.7 Å². The quantitative estimate of drug-likeness (QED) is 0.825. The number of ether oxygens (including phenoxy) is 1. The molecule has 1 saturated heterocycles. The molecule has 4 heteroatoms. The Kier molecular flexibility index (Phi) is 3.41. The lowest BCUT2D eigenvalue weighted by atomic mass is 10.0. The number of nitrogens with zero attached hydrogens (tertiary/aromatic N) is 1. The van der Waals surface area contributed by atoms with Gasteiger partial charge in [-0.2, -0.15) is 0 Å². The smallest absolute Gasteiger partial charge is 0.131 e. The average molecular weight is 224 g/mol. The highest BCUT2D eigenvalue weighted by Crippen LogP contribution is 2.30. The third-order valence-electron chi connectivity index (χ3n) is 2.76. The fourth-order valence-electron chi connectivity index (χ4n) is 1.99. The van der Waals surface area contributed by atoms with E-state index < -0.39 is 0 Å². The van der Waals surface area contributed by atoms with Crippen LogP contribution in [0, 0.1) is 5.82 Å². The minimum atomic E-state index is -0.195. The average Bonchev–Trinajstić information content (AvgIpc) is 2.29. The third-order valence-corrected chi connectivity index (χ3v) is 2.76. The number of rotatable bonds is 2. The molecule has 1 aromatic rings. The first kappa shape index (κ1) is 11.4. The van der Waals surface area contributed by atoms with Crippen molar-refractivity contribution in [3.8, 4) is 0 Å². The van der Waals surface area contributed by atoms with Gasteiger partial charge in [0.1, 0.15) is 5.82 Å². The van der Waals surface area contributed by atoms with E-state index in [-0.39, 0.29) is 11.9 Å². The minimum Gasteiger partial charge on any atom is -0.377 e. The van der Waals surface area contributed by atoms with Crippen LogP contribution in [0.4, 0.5) is 10.1 Å². The summed E-state index contributed by atoms with van der Waals surface area (Å²) in [5, 5.41) is 3.22. The van der Waals surface area contributed by atoms with Crippen molar-refractivity contribution in [3.63, 3.8) is 0 Å². The molecule has 0 spiro atoms. The maximum absolute atomic E-state index is 13.9. The molecule has 0 radical (unpaired) electrons. The molecule has 0 bridgehead atoms. The molecule has 0 saturated carbocycles. The summed E-state index contributed by atoms with van der Waals surface area (Å²) in [7, 11) is 3.82. The third kappa shape index (κ3) is 2.18. The van der Waals surface area contributed by atoms with Crippen LogP contribution in [0.2, 0.25) is 0 Å². The Balaban J connectivity index is 2.36. The van der Waals surface area contributed by atoms with Gasteiger partial charge in [-0.25, -0.2) is 4.39 Å². The summed E-state index contributed by atoms with van der Waals surface area (Å²) < 4.78 is 19.5. The Bertz CT molecular complexity index is 362. The largest absolute Gasteiger partial charge is 0.377 e. The van der Waals surface area contributed by atoms with Crippen LogP contribution >= 0.6 is 0 Å². The van der Waals surface area contributed by atoms with Gasteiger partial charge in [-0.3, -0.25) is 0 Å². The first-order valence-electron chi connectivity index (χ1n) is 5.48. The number of hydrogen-bond donors (Lipinski definition) is 1. The fraction of sp³-hybridized carbons (Fsp3) is 0.500. The van der Waals surface area contributed by atoms with Gasteiger partial charge in [0.15, 0.2) is 0 Å². The van der Waals surface area contributed by atoms with Gasteiger partial charge in [0.05, 0.1) is 12.7 Å². The van der Waals surface area contributed by atoms with Crippen molar-refractivity contribution >= 4 is 5.69 Å². The van der Waals surface area contributed by atoms with Crippen molar-refractivity contribution in [3.05, 3.63) is 29.6 Å². The summed E-state index contributed by atoms with van der Waals surface area (Å²) in [6.45, 7) is 2.13. The Hall–Kier alpha value is -1.13. The normalized spacial score (nSPS) is 20.8. The molecular formula is C12H17FN2O. The Morgan fingerprint density at radius 1 is 1.44 bits per heavy atom. The zero-order valence-electron chi connectivity index (χ0n) is 9.66. The van der Waals surface area contributed by atoms with Crippen LogP contribution in [0.5, 0.6) is 0 Å². The second kappa shape index (κ2) is 4.80. The van der Waals surface area contributed by atoms with Crippen molar-refractivity contribution in [2.45, 2.75) is 6.10 Å². The van der Waals surface area contributed by atoms with E-state index in [1.54, 1.807) is 6.07 Å². The standard InChI is InChI=1S/C12H17FN2O/c1-15(2)10-5-3-4-9(13)12(10)11-8-14-6-7-16-11/h3-5,11,14H,6-8H2,1-2H3. The second-order valence-corrected chi connectivity index (χ2v) is 4.13. The number of halogens is 1. The van der Waals surface area contributed by atoms with Crippen LogP contribution in [-0.4, -0.2) is 33.8 Å². The molecule has 1 heterocycles. The molecule has 1 aliphatic heterocycles. The number of benzene rings is 1. The van der Waals surface area contributed by atoms with E-state index in [9.17, 15) is 4.39 Å². The van der Waals surface area contributed by atoms with Crippen molar-refractivity contribution < 1.29 is 9.13 Å². The number of hydrogen-bond acceptors (Lipinski definition) is 3. The first-order chi connectivity index (χ1) is 7.70. The first-order valence-corrected chi connectivity index (χ1v) is 5.48. The van der Waals surface area contributed by atoms with E-state index >= 15 is 0 Å². The van der Waals surface area contributed by atoms with Crippen LogP contribution in [0.25, 0.3) is 0 Å². The number of anilines is 1. The highest BCUT2D eigenvalue weighted by atomic mass is 19.1. The molecule has 1 unspecified atom stereocenters. The lowest BCUT2D eigenvalue weighted by molar-refractivity contribution is 0.0258. The molecular weight excluding hydrogens is 207 g/mol. The molecule has 16 heavy (non-hydrogen) atoms. The van der Waals surface area contributed by atoms with Gasteiger partial charge < -0.3 is 15.0 Å². The molecule has 1 N–H and O–H groups in total. The van der Waals surface area contributed by atoms with E-state index in [1.165, 1.54) is 6.07 Å². The molecule has 1 aliphatic rings. The maximum Gasteiger partial charge on any atom is 0.131 e. The highest BCUT2D eigenvalue weighted by molar-refractivity contribution is 5.54. The maximum atomic E-state index is 13.9. The number of nitrogens with one attached hydrogen (secondary N) is 1. The van der Waals surface area contributed by atoms with Gasteiger partial charge in [0.2, 0.25) is 0 Å². The van der Waals surface area contributed by atoms with Gasteiger partial charge in [-0.1, -0.05) is 6.07 Å². The summed E-state index contributed by atoms with van der Waals surface area (Å²) in [6.07, 6.45) is -0.188. The van der Waals surface area contributed by atoms with Crippen LogP contribution in [0.3, 0.4) is 0 Å². The van der Waals surface area contributed by atoms with E-state index in [1.807, 2.05) is 25.1 Å². The van der Waals surface area contributed by atoms with Gasteiger partial charge in [0.25, 0.3) is 0 Å². The van der Waals surface area contributed by atoms with Crippen LogP contribution in [0.1, 0.15) is 11.7 Å². The van der Waals surface area contributed by atoms with Crippen molar-refractivity contribution in [2.24, 2.45) is 0 Å². The molecule has 1 fully saturated rings. The number of morpholine rings is 1. The minimum absolute atomic E-state index is 0.188. The fourth-order valence-corrected chi connectivity index (χ4v) is 1.99. The Morgan fingerprint density at radius 3 is 2.88 bits per heavy atom. The predicted octanol–water partition coefficient (Wildman–Crippen LogP) is 1.55. The summed E-state index contributed by atoms with van der Waals surface area (Å²) in [5.41, 5.74) is 1.54. The lowest BCUT2D eigenvalue weighted by Gasteiger charge is -2.28. The van der Waals surface area contributed by atoms with Crippen LogP contribution in [0.15, 0.2) is 18.2 Å². The zero-order valence-corrected chi connectivity index (χ0v) is 9.66. The summed E-state index contributed by atoms with van der Waals surface area (Å²) in [4.78, 5) is 1.91. The summed E-state index contributed by atoms with van der Waals surface area (Å²) >= 11 is 0. The van der Waals surface area contributed by atoms with Gasteiger partial charge in [0, 0.05) is 38.4 Å². The van der Waals surface area contributed by atoms with Crippen molar-refractivity contribution in [1.29, 1.82) is 0 Å². The Labute approximate surface area is 95.2 Å². The van der Waals surface area contributed by atoms with Gasteiger partial charge in [-0.15, -0.1) is 0 Å². The van der Waals surface area contributed by atoms with Crippen LogP contribution in [-0.2, 0) is 4.74 Å². The molecule has 0 amide bonds. The summed E-state index contributed by atoms with van der Waals surface area (Å²) in [6, 6.07) is 5.13. The Morgan fingerprint density at radius 2 is 2.25 bits per heavy atom. The van der Waals surface area contributed by atoms with E-state index in [4.69, 9.17) is 4.74 Å². The topological polar surface area (TPSA) is 24.5 Å². The highest BCUT2D eigenvalue weighted by Gasteiger charge is 2.23.